The van der Waals surface area contributed by atoms with Crippen molar-refractivity contribution in [3.63, 3.8) is 0 Å². The van der Waals surface area contributed by atoms with E-state index in [9.17, 15) is 4.79 Å². The summed E-state index contributed by atoms with van der Waals surface area (Å²) in [5.41, 5.74) is 3.05. The molecule has 2 aromatic rings. The first-order chi connectivity index (χ1) is 13.7. The number of rotatable bonds is 6. The highest BCUT2D eigenvalue weighted by molar-refractivity contribution is 5.95. The second-order valence-electron chi connectivity index (χ2n) is 7.47. The minimum absolute atomic E-state index is 0.0922. The predicted molar refractivity (Wildman–Crippen MR) is 105 cm³/mol. The number of methoxy groups -OCH3 is 1. The molecule has 4 rings (SSSR count). The number of carbonyl (C=O) groups is 1. The number of morpholine rings is 1. The molecule has 1 aromatic heterocycles. The van der Waals surface area contributed by atoms with Crippen LogP contribution in [0.2, 0.25) is 0 Å². The fraction of sp³-hybridized carbons (Fsp3) is 0.524. The predicted octanol–water partition coefficient (Wildman–Crippen LogP) is 1.72. The molecule has 28 heavy (non-hydrogen) atoms. The van der Waals surface area contributed by atoms with Crippen LogP contribution >= 0.6 is 0 Å². The van der Waals surface area contributed by atoms with Crippen LogP contribution in [0, 0.1) is 5.92 Å². The maximum Gasteiger partial charge on any atom is 0.257 e. The van der Waals surface area contributed by atoms with E-state index in [1.165, 1.54) is 5.56 Å². The average Bonchev–Trinajstić information content (AvgIpc) is 3.17. The number of amides is 1. The van der Waals surface area contributed by atoms with Gasteiger partial charge in [-0.15, -0.1) is 0 Å². The second kappa shape index (κ2) is 8.75. The topological polar surface area (TPSA) is 68.6 Å². The number of carbonyl (C=O) groups excluding carboxylic acids is 1. The lowest BCUT2D eigenvalue weighted by Crippen LogP contribution is -2.41. The first-order valence-corrected chi connectivity index (χ1v) is 10.00. The van der Waals surface area contributed by atoms with Gasteiger partial charge in [0.05, 0.1) is 37.8 Å². The molecule has 1 atom stereocenters. The maximum atomic E-state index is 12.9. The summed E-state index contributed by atoms with van der Waals surface area (Å²) in [5, 5.41) is 8.02. The lowest BCUT2D eigenvalue weighted by atomic mass is 9.94. The van der Waals surface area contributed by atoms with Crippen molar-refractivity contribution in [1.29, 1.82) is 0 Å². The third-order valence-corrected chi connectivity index (χ3v) is 5.60. The van der Waals surface area contributed by atoms with Crippen LogP contribution < -0.4 is 10.1 Å². The van der Waals surface area contributed by atoms with Gasteiger partial charge >= 0.3 is 0 Å². The number of nitrogens with zero attached hydrogens (tertiary/aromatic N) is 3. The Bertz CT molecular complexity index is 814. The molecule has 3 heterocycles. The third-order valence-electron chi connectivity index (χ3n) is 5.60. The van der Waals surface area contributed by atoms with Gasteiger partial charge < -0.3 is 19.7 Å². The molecular formula is C21H28N4O3. The van der Waals surface area contributed by atoms with Gasteiger partial charge in [0.1, 0.15) is 5.75 Å². The van der Waals surface area contributed by atoms with Crippen LogP contribution in [0.25, 0.3) is 0 Å². The van der Waals surface area contributed by atoms with E-state index >= 15 is 0 Å². The van der Waals surface area contributed by atoms with Crippen molar-refractivity contribution in [3.05, 3.63) is 47.3 Å². The van der Waals surface area contributed by atoms with Crippen LogP contribution in [0.1, 0.15) is 28.0 Å². The molecule has 2 aliphatic heterocycles. The lowest BCUT2D eigenvalue weighted by Gasteiger charge is -2.28. The van der Waals surface area contributed by atoms with E-state index < -0.39 is 0 Å². The molecule has 1 fully saturated rings. The smallest absolute Gasteiger partial charge is 0.257 e. The van der Waals surface area contributed by atoms with E-state index in [0.717, 1.165) is 49.5 Å². The summed E-state index contributed by atoms with van der Waals surface area (Å²) < 4.78 is 12.7. The van der Waals surface area contributed by atoms with Gasteiger partial charge in [0.2, 0.25) is 0 Å². The largest absolute Gasteiger partial charge is 0.497 e. The first kappa shape index (κ1) is 19.0. The zero-order valence-electron chi connectivity index (χ0n) is 16.4. The SMILES string of the molecule is COc1cccc(CNC[C@@H]2CCn3ncc(C(=O)N4CCOCC4)c3C2)c1. The summed E-state index contributed by atoms with van der Waals surface area (Å²) in [6, 6.07) is 8.13. The highest BCUT2D eigenvalue weighted by Gasteiger charge is 2.28. The van der Waals surface area contributed by atoms with Gasteiger partial charge in [-0.05, 0) is 43.0 Å². The van der Waals surface area contributed by atoms with Gasteiger partial charge in [-0.2, -0.15) is 5.10 Å². The number of hydrogen-bond donors (Lipinski definition) is 1. The van der Waals surface area contributed by atoms with Gasteiger partial charge in [0.25, 0.3) is 5.91 Å². The number of ether oxygens (including phenoxy) is 2. The number of aryl methyl sites for hydroxylation is 1. The highest BCUT2D eigenvalue weighted by Crippen LogP contribution is 2.24. The highest BCUT2D eigenvalue weighted by atomic mass is 16.5. The van der Waals surface area contributed by atoms with Gasteiger partial charge in [0.15, 0.2) is 0 Å². The molecule has 1 amide bonds. The third kappa shape index (κ3) is 4.20. The number of fused-ring (bicyclic) bond motifs is 1. The standard InChI is InChI=1S/C21H28N4O3/c1-27-18-4-2-3-16(11-18)13-22-14-17-5-6-25-20(12-17)19(15-23-25)21(26)24-7-9-28-10-8-24/h2-4,11,15,17,22H,5-10,12-14H2,1H3/t17-/m1/s1. The number of aromatic nitrogens is 2. The van der Waals surface area contributed by atoms with E-state index in [1.807, 2.05) is 21.7 Å². The summed E-state index contributed by atoms with van der Waals surface area (Å²) in [4.78, 5) is 14.8. The summed E-state index contributed by atoms with van der Waals surface area (Å²) >= 11 is 0. The van der Waals surface area contributed by atoms with Crippen molar-refractivity contribution < 1.29 is 14.3 Å². The molecule has 7 nitrogen and oxygen atoms in total. The molecule has 0 radical (unpaired) electrons. The lowest BCUT2D eigenvalue weighted by molar-refractivity contribution is 0.0301. The van der Waals surface area contributed by atoms with Gasteiger partial charge in [-0.3, -0.25) is 9.48 Å². The second-order valence-corrected chi connectivity index (χ2v) is 7.47. The van der Waals surface area contributed by atoms with Gasteiger partial charge in [0, 0.05) is 26.2 Å². The van der Waals surface area contributed by atoms with Crippen LogP contribution in [0.3, 0.4) is 0 Å². The molecule has 0 unspecified atom stereocenters. The average molecular weight is 384 g/mol. The summed E-state index contributed by atoms with van der Waals surface area (Å²) in [5.74, 6) is 1.48. The Labute approximate surface area is 165 Å². The van der Waals surface area contributed by atoms with Crippen molar-refractivity contribution in [2.45, 2.75) is 25.9 Å². The normalized spacial score (nSPS) is 19.3. The summed E-state index contributed by atoms with van der Waals surface area (Å²) in [6.45, 7) is 5.17. The Morgan fingerprint density at radius 3 is 3.00 bits per heavy atom. The monoisotopic (exact) mass is 384 g/mol. The van der Waals surface area contributed by atoms with E-state index in [-0.39, 0.29) is 5.91 Å². The zero-order valence-corrected chi connectivity index (χ0v) is 16.4. The van der Waals surface area contributed by atoms with Crippen LogP contribution in [-0.2, 0) is 24.2 Å². The van der Waals surface area contributed by atoms with E-state index in [0.29, 0.717) is 32.2 Å². The molecule has 0 spiro atoms. The number of hydrogen-bond acceptors (Lipinski definition) is 5. The Kier molecular flexibility index (Phi) is 5.92. The van der Waals surface area contributed by atoms with Gasteiger partial charge in [-0.25, -0.2) is 0 Å². The fourth-order valence-electron chi connectivity index (χ4n) is 3.99. The van der Waals surface area contributed by atoms with E-state index in [4.69, 9.17) is 9.47 Å². The van der Waals surface area contributed by atoms with Crippen molar-refractivity contribution in [2.24, 2.45) is 5.92 Å². The number of benzene rings is 1. The van der Waals surface area contributed by atoms with Crippen molar-refractivity contribution in [2.75, 3.05) is 40.0 Å². The van der Waals surface area contributed by atoms with Crippen LogP contribution in [0.4, 0.5) is 0 Å². The Morgan fingerprint density at radius 1 is 1.32 bits per heavy atom. The van der Waals surface area contributed by atoms with Gasteiger partial charge in [-0.1, -0.05) is 12.1 Å². The van der Waals surface area contributed by atoms with E-state index in [1.54, 1.807) is 13.3 Å². The van der Waals surface area contributed by atoms with Crippen molar-refractivity contribution in [3.8, 4) is 5.75 Å². The number of nitrogens with one attached hydrogen (secondary N) is 1. The Morgan fingerprint density at radius 2 is 2.18 bits per heavy atom. The minimum atomic E-state index is 0.0922. The van der Waals surface area contributed by atoms with Crippen LogP contribution in [0.15, 0.2) is 30.5 Å². The van der Waals surface area contributed by atoms with Crippen LogP contribution in [-0.4, -0.2) is 60.5 Å². The molecule has 1 saturated heterocycles. The molecule has 0 bridgehead atoms. The summed E-state index contributed by atoms with van der Waals surface area (Å²) in [7, 11) is 1.69. The molecule has 7 heteroatoms. The molecular weight excluding hydrogens is 356 g/mol. The molecule has 2 aliphatic rings. The molecule has 0 aliphatic carbocycles. The first-order valence-electron chi connectivity index (χ1n) is 10.00. The Hall–Kier alpha value is -2.38. The maximum absolute atomic E-state index is 12.9. The molecule has 0 saturated carbocycles. The fourth-order valence-corrected chi connectivity index (χ4v) is 3.99. The quantitative estimate of drug-likeness (QED) is 0.821. The minimum Gasteiger partial charge on any atom is -0.497 e. The van der Waals surface area contributed by atoms with E-state index in [2.05, 4.69) is 22.5 Å². The molecule has 1 N–H and O–H groups in total. The molecule has 150 valence electrons. The van der Waals surface area contributed by atoms with Crippen molar-refractivity contribution in [1.82, 2.24) is 20.0 Å². The van der Waals surface area contributed by atoms with Crippen LogP contribution in [0.5, 0.6) is 5.75 Å². The zero-order chi connectivity index (χ0) is 19.3. The summed E-state index contributed by atoms with van der Waals surface area (Å²) in [6.07, 6.45) is 3.71. The molecule has 1 aromatic carbocycles. The van der Waals surface area contributed by atoms with Crippen molar-refractivity contribution >= 4 is 5.91 Å². The Balaban J connectivity index is 1.35.